The summed E-state index contributed by atoms with van der Waals surface area (Å²) in [6.07, 6.45) is 9.42. The Bertz CT molecular complexity index is 410. The van der Waals surface area contributed by atoms with Crippen LogP contribution in [0.4, 0.5) is 0 Å². The molecule has 1 saturated carbocycles. The number of hydrogen-bond acceptors (Lipinski definition) is 2. The molecule has 0 bridgehead atoms. The number of fused-ring (bicyclic) bond motifs is 1. The molecule has 0 radical (unpaired) electrons. The maximum absolute atomic E-state index is 5.54. The van der Waals surface area contributed by atoms with Crippen LogP contribution >= 0.6 is 0 Å². The summed E-state index contributed by atoms with van der Waals surface area (Å²) in [5, 5.41) is 3.64. The monoisotopic (exact) mass is 259 g/mol. The van der Waals surface area contributed by atoms with Gasteiger partial charge in [-0.05, 0) is 55.5 Å². The lowest BCUT2D eigenvalue weighted by molar-refractivity contribution is 0.343. The van der Waals surface area contributed by atoms with Crippen LogP contribution in [0.2, 0.25) is 0 Å². The Balaban J connectivity index is 1.40. The van der Waals surface area contributed by atoms with Gasteiger partial charge in [0.25, 0.3) is 0 Å². The third-order valence-corrected chi connectivity index (χ3v) is 4.50. The fourth-order valence-corrected chi connectivity index (χ4v) is 3.33. The first-order chi connectivity index (χ1) is 9.42. The minimum atomic E-state index is 0.860. The summed E-state index contributed by atoms with van der Waals surface area (Å²) < 4.78 is 5.54. The van der Waals surface area contributed by atoms with Gasteiger partial charge in [0.2, 0.25) is 0 Å². The Morgan fingerprint density at radius 1 is 1.16 bits per heavy atom. The van der Waals surface area contributed by atoms with E-state index in [9.17, 15) is 0 Å². The van der Waals surface area contributed by atoms with Crippen molar-refractivity contribution in [1.29, 1.82) is 0 Å². The summed E-state index contributed by atoms with van der Waals surface area (Å²) in [7, 11) is 0. The lowest BCUT2D eigenvalue weighted by atomic mass is 9.89. The standard InChI is InChI=1S/C17H25NO/c1-2-4-15(5-3-1)13-18-10-8-14-6-7-17-16(12-14)9-11-19-17/h6-7,12,15,18H,1-5,8-11,13H2. The van der Waals surface area contributed by atoms with E-state index in [1.807, 2.05) is 0 Å². The summed E-state index contributed by atoms with van der Waals surface area (Å²) in [6.45, 7) is 3.18. The summed E-state index contributed by atoms with van der Waals surface area (Å²) in [5.41, 5.74) is 2.84. The van der Waals surface area contributed by atoms with Gasteiger partial charge in [-0.25, -0.2) is 0 Å². The van der Waals surface area contributed by atoms with Crippen LogP contribution in [-0.4, -0.2) is 19.7 Å². The third kappa shape index (κ3) is 3.50. The number of benzene rings is 1. The normalized spacial score (nSPS) is 19.2. The molecule has 0 saturated heterocycles. The first-order valence-corrected chi connectivity index (χ1v) is 7.87. The number of nitrogens with one attached hydrogen (secondary N) is 1. The van der Waals surface area contributed by atoms with Crippen LogP contribution in [0.5, 0.6) is 5.75 Å². The van der Waals surface area contributed by atoms with E-state index >= 15 is 0 Å². The SMILES string of the molecule is c1cc2c(cc1CCNCC1CCCCC1)CCO2. The van der Waals surface area contributed by atoms with Gasteiger partial charge >= 0.3 is 0 Å². The van der Waals surface area contributed by atoms with Crippen molar-refractivity contribution in [3.8, 4) is 5.75 Å². The molecule has 0 atom stereocenters. The number of ether oxygens (including phenoxy) is 1. The van der Waals surface area contributed by atoms with E-state index < -0.39 is 0 Å². The van der Waals surface area contributed by atoms with Crippen LogP contribution in [-0.2, 0) is 12.8 Å². The molecule has 1 heterocycles. The van der Waals surface area contributed by atoms with Gasteiger partial charge in [-0.2, -0.15) is 0 Å². The van der Waals surface area contributed by atoms with Crippen molar-refractivity contribution < 1.29 is 4.74 Å². The highest BCUT2D eigenvalue weighted by molar-refractivity contribution is 5.39. The van der Waals surface area contributed by atoms with E-state index in [2.05, 4.69) is 23.5 Å². The first kappa shape index (κ1) is 13.0. The van der Waals surface area contributed by atoms with Crippen LogP contribution in [0.15, 0.2) is 18.2 Å². The maximum atomic E-state index is 5.54. The molecule has 2 aliphatic rings. The van der Waals surface area contributed by atoms with Crippen molar-refractivity contribution in [3.05, 3.63) is 29.3 Å². The van der Waals surface area contributed by atoms with E-state index in [1.165, 1.54) is 49.8 Å². The van der Waals surface area contributed by atoms with Crippen LogP contribution in [0.3, 0.4) is 0 Å². The van der Waals surface area contributed by atoms with Crippen molar-refractivity contribution in [2.75, 3.05) is 19.7 Å². The zero-order valence-corrected chi connectivity index (χ0v) is 11.8. The second kappa shape index (κ2) is 6.42. The highest BCUT2D eigenvalue weighted by Gasteiger charge is 2.13. The predicted molar refractivity (Wildman–Crippen MR) is 78.8 cm³/mol. The summed E-state index contributed by atoms with van der Waals surface area (Å²) in [6, 6.07) is 6.68. The van der Waals surface area contributed by atoms with Crippen LogP contribution in [0.1, 0.15) is 43.2 Å². The number of hydrogen-bond donors (Lipinski definition) is 1. The molecule has 3 rings (SSSR count). The molecule has 1 N–H and O–H groups in total. The average molecular weight is 259 g/mol. The van der Waals surface area contributed by atoms with Crippen molar-refractivity contribution in [2.45, 2.75) is 44.9 Å². The highest BCUT2D eigenvalue weighted by Crippen LogP contribution is 2.26. The van der Waals surface area contributed by atoms with E-state index in [0.717, 1.165) is 37.7 Å². The average Bonchev–Trinajstić information content (AvgIpc) is 2.92. The molecule has 0 spiro atoms. The zero-order chi connectivity index (χ0) is 12.9. The molecule has 0 unspecified atom stereocenters. The predicted octanol–water partition coefficient (Wildman–Crippen LogP) is 3.33. The van der Waals surface area contributed by atoms with Crippen LogP contribution in [0, 0.1) is 5.92 Å². The van der Waals surface area contributed by atoms with E-state index in [0.29, 0.717) is 0 Å². The Morgan fingerprint density at radius 2 is 2.05 bits per heavy atom. The topological polar surface area (TPSA) is 21.3 Å². The molecule has 1 aliphatic heterocycles. The Morgan fingerprint density at radius 3 is 2.95 bits per heavy atom. The Hall–Kier alpha value is -1.02. The molecule has 1 aromatic carbocycles. The van der Waals surface area contributed by atoms with Gasteiger partial charge in [0.1, 0.15) is 5.75 Å². The molecule has 1 aliphatic carbocycles. The van der Waals surface area contributed by atoms with Gasteiger partial charge in [-0.15, -0.1) is 0 Å². The van der Waals surface area contributed by atoms with Gasteiger partial charge < -0.3 is 10.1 Å². The molecule has 0 amide bonds. The molecule has 2 heteroatoms. The minimum absolute atomic E-state index is 0.860. The highest BCUT2D eigenvalue weighted by atomic mass is 16.5. The number of rotatable bonds is 5. The summed E-state index contributed by atoms with van der Waals surface area (Å²) >= 11 is 0. The van der Waals surface area contributed by atoms with Gasteiger partial charge in [0, 0.05) is 6.42 Å². The smallest absolute Gasteiger partial charge is 0.122 e. The maximum Gasteiger partial charge on any atom is 0.122 e. The third-order valence-electron chi connectivity index (χ3n) is 4.50. The fraction of sp³-hybridized carbons (Fsp3) is 0.647. The second-order valence-electron chi connectivity index (χ2n) is 6.00. The lowest BCUT2D eigenvalue weighted by Gasteiger charge is -2.21. The summed E-state index contributed by atoms with van der Waals surface area (Å²) in [4.78, 5) is 0. The Kier molecular flexibility index (Phi) is 4.39. The van der Waals surface area contributed by atoms with Gasteiger partial charge in [0.15, 0.2) is 0 Å². The molecule has 104 valence electrons. The molecule has 19 heavy (non-hydrogen) atoms. The quantitative estimate of drug-likeness (QED) is 0.819. The van der Waals surface area contributed by atoms with Crippen molar-refractivity contribution in [1.82, 2.24) is 5.32 Å². The van der Waals surface area contributed by atoms with Gasteiger partial charge in [-0.3, -0.25) is 0 Å². The molecular weight excluding hydrogens is 234 g/mol. The van der Waals surface area contributed by atoms with Crippen LogP contribution < -0.4 is 10.1 Å². The molecular formula is C17H25NO. The van der Waals surface area contributed by atoms with E-state index in [4.69, 9.17) is 4.74 Å². The van der Waals surface area contributed by atoms with Crippen molar-refractivity contribution >= 4 is 0 Å². The molecule has 2 nitrogen and oxygen atoms in total. The molecule has 1 fully saturated rings. The van der Waals surface area contributed by atoms with Gasteiger partial charge in [-0.1, -0.05) is 31.4 Å². The van der Waals surface area contributed by atoms with Crippen molar-refractivity contribution in [3.63, 3.8) is 0 Å². The first-order valence-electron chi connectivity index (χ1n) is 7.87. The largest absolute Gasteiger partial charge is 0.493 e. The van der Waals surface area contributed by atoms with Crippen LogP contribution in [0.25, 0.3) is 0 Å². The fourth-order valence-electron chi connectivity index (χ4n) is 3.33. The zero-order valence-electron chi connectivity index (χ0n) is 11.8. The molecule has 1 aromatic rings. The summed E-state index contributed by atoms with van der Waals surface area (Å²) in [5.74, 6) is 2.03. The van der Waals surface area contributed by atoms with E-state index in [-0.39, 0.29) is 0 Å². The Labute approximate surface area is 116 Å². The minimum Gasteiger partial charge on any atom is -0.493 e. The second-order valence-corrected chi connectivity index (χ2v) is 6.00. The van der Waals surface area contributed by atoms with Gasteiger partial charge in [0.05, 0.1) is 6.61 Å². The van der Waals surface area contributed by atoms with Crippen molar-refractivity contribution in [2.24, 2.45) is 5.92 Å². The van der Waals surface area contributed by atoms with E-state index in [1.54, 1.807) is 0 Å². The lowest BCUT2D eigenvalue weighted by Crippen LogP contribution is -2.26. The molecule has 0 aromatic heterocycles.